The van der Waals surface area contributed by atoms with Crippen LogP contribution in [0.3, 0.4) is 0 Å². The van der Waals surface area contributed by atoms with Crippen molar-refractivity contribution in [1.29, 1.82) is 0 Å². The number of allylic oxidation sites excluding steroid dienone is 1. The lowest BCUT2D eigenvalue weighted by atomic mass is 9.79. The molecule has 2 aliphatic heterocycles. The molecule has 0 amide bonds. The molecule has 0 aliphatic carbocycles. The summed E-state index contributed by atoms with van der Waals surface area (Å²) in [6.07, 6.45) is 3.86. The molecule has 1 fully saturated rings. The van der Waals surface area contributed by atoms with Crippen LogP contribution in [0, 0.1) is 11.1 Å². The summed E-state index contributed by atoms with van der Waals surface area (Å²) in [4.78, 5) is 15.3. The second-order valence-corrected chi connectivity index (χ2v) is 7.24. The zero-order valence-corrected chi connectivity index (χ0v) is 14.7. The molecule has 0 saturated carbocycles. The SMILES string of the molecule is C/C=C1\C[N@@+]2([O-])CCc3c([nH]c4ccccc34)[C@@H]2C[C@@H]1CC(=O)OC. The number of hydrogen-bond donors (Lipinski definition) is 1. The van der Waals surface area contributed by atoms with E-state index in [2.05, 4.69) is 17.1 Å². The second kappa shape index (κ2) is 6.00. The summed E-state index contributed by atoms with van der Waals surface area (Å²) in [5, 5.41) is 14.8. The molecule has 132 valence electrons. The van der Waals surface area contributed by atoms with Gasteiger partial charge < -0.3 is 19.6 Å². The molecule has 1 N–H and O–H groups in total. The predicted octanol–water partition coefficient (Wildman–Crippen LogP) is 3.61. The second-order valence-electron chi connectivity index (χ2n) is 7.24. The molecule has 25 heavy (non-hydrogen) atoms. The van der Waals surface area contributed by atoms with Crippen LogP contribution in [0.5, 0.6) is 0 Å². The number of H-pyrrole nitrogens is 1. The molecule has 0 radical (unpaired) electrons. The first-order valence-electron chi connectivity index (χ1n) is 8.95. The summed E-state index contributed by atoms with van der Waals surface area (Å²) in [7, 11) is 1.42. The number of hydrogen-bond acceptors (Lipinski definition) is 3. The van der Waals surface area contributed by atoms with Gasteiger partial charge in [0, 0.05) is 29.7 Å². The van der Waals surface area contributed by atoms with Crippen molar-refractivity contribution in [3.8, 4) is 0 Å². The predicted molar refractivity (Wildman–Crippen MR) is 96.6 cm³/mol. The van der Waals surface area contributed by atoms with Gasteiger partial charge in [-0.3, -0.25) is 4.79 Å². The Kier molecular flexibility index (Phi) is 3.93. The molecule has 5 heteroatoms. The van der Waals surface area contributed by atoms with Crippen molar-refractivity contribution >= 4 is 16.9 Å². The summed E-state index contributed by atoms with van der Waals surface area (Å²) in [6, 6.07) is 8.13. The molecule has 0 spiro atoms. The van der Waals surface area contributed by atoms with Crippen molar-refractivity contribution in [3.05, 3.63) is 52.4 Å². The Morgan fingerprint density at radius 2 is 2.24 bits per heavy atom. The molecular weight excluding hydrogens is 316 g/mol. The van der Waals surface area contributed by atoms with Crippen molar-refractivity contribution in [3.63, 3.8) is 0 Å². The van der Waals surface area contributed by atoms with E-state index in [0.29, 0.717) is 25.9 Å². The van der Waals surface area contributed by atoms with Crippen molar-refractivity contribution < 1.29 is 14.2 Å². The fourth-order valence-electron chi connectivity index (χ4n) is 4.65. The largest absolute Gasteiger partial charge is 0.632 e. The van der Waals surface area contributed by atoms with Crippen LogP contribution in [0.1, 0.15) is 37.1 Å². The summed E-state index contributed by atoms with van der Waals surface area (Å²) in [5.41, 5.74) is 4.55. The third-order valence-electron chi connectivity index (χ3n) is 5.98. The van der Waals surface area contributed by atoms with E-state index in [1.165, 1.54) is 18.1 Å². The average Bonchev–Trinajstić information content (AvgIpc) is 3.00. The first-order valence-corrected chi connectivity index (χ1v) is 8.95. The lowest BCUT2D eigenvalue weighted by Gasteiger charge is -2.55. The number of benzene rings is 1. The molecule has 3 heterocycles. The van der Waals surface area contributed by atoms with Gasteiger partial charge in [0.05, 0.1) is 25.8 Å². The number of carbonyl (C=O) groups excluding carboxylic acids is 1. The summed E-state index contributed by atoms with van der Waals surface area (Å²) in [5.74, 6) is -0.122. The number of aromatic nitrogens is 1. The fourth-order valence-corrected chi connectivity index (χ4v) is 4.65. The van der Waals surface area contributed by atoms with Gasteiger partial charge in [-0.2, -0.15) is 0 Å². The van der Waals surface area contributed by atoms with Crippen LogP contribution in [0.2, 0.25) is 0 Å². The summed E-state index contributed by atoms with van der Waals surface area (Å²) in [6.45, 7) is 3.03. The van der Waals surface area contributed by atoms with Crippen LogP contribution < -0.4 is 0 Å². The topological polar surface area (TPSA) is 65.1 Å². The number of aromatic amines is 1. The molecule has 0 unspecified atom stereocenters. The normalized spacial score (nSPS) is 30.1. The first kappa shape index (κ1) is 16.4. The van der Waals surface area contributed by atoms with E-state index in [1.807, 2.05) is 25.1 Å². The van der Waals surface area contributed by atoms with E-state index < -0.39 is 0 Å². The van der Waals surface area contributed by atoms with Gasteiger partial charge in [0.1, 0.15) is 12.6 Å². The number of hydroxylamine groups is 3. The van der Waals surface area contributed by atoms with Crippen LogP contribution in [0.4, 0.5) is 0 Å². The molecule has 2 aromatic rings. The maximum Gasteiger partial charge on any atom is 0.306 e. The smallest absolute Gasteiger partial charge is 0.306 e. The Labute approximate surface area is 147 Å². The molecule has 1 saturated heterocycles. The number of quaternary nitrogens is 1. The highest BCUT2D eigenvalue weighted by Gasteiger charge is 2.45. The molecule has 5 nitrogen and oxygen atoms in total. The summed E-state index contributed by atoms with van der Waals surface area (Å²) < 4.78 is 4.66. The molecule has 4 rings (SSSR count). The number of piperidine rings is 1. The number of fused-ring (bicyclic) bond motifs is 5. The molecular formula is C20H24N2O3. The number of nitrogens with zero attached hydrogens (tertiary/aromatic N) is 1. The number of rotatable bonds is 2. The van der Waals surface area contributed by atoms with E-state index >= 15 is 0 Å². The van der Waals surface area contributed by atoms with Gasteiger partial charge >= 0.3 is 5.97 Å². The minimum atomic E-state index is -0.211. The Balaban J connectivity index is 1.75. The fraction of sp³-hybridized carbons (Fsp3) is 0.450. The molecule has 2 aliphatic rings. The van der Waals surface area contributed by atoms with Crippen LogP contribution in [0.25, 0.3) is 10.9 Å². The Morgan fingerprint density at radius 1 is 1.44 bits per heavy atom. The lowest BCUT2D eigenvalue weighted by Crippen LogP contribution is -2.54. The maximum atomic E-state index is 13.6. The van der Waals surface area contributed by atoms with Gasteiger partial charge in [-0.15, -0.1) is 0 Å². The molecule has 1 aromatic carbocycles. The van der Waals surface area contributed by atoms with Crippen molar-refractivity contribution in [2.24, 2.45) is 5.92 Å². The van der Waals surface area contributed by atoms with E-state index in [9.17, 15) is 10.0 Å². The van der Waals surface area contributed by atoms with Gasteiger partial charge in [-0.1, -0.05) is 24.3 Å². The van der Waals surface area contributed by atoms with Crippen LogP contribution in [0.15, 0.2) is 35.9 Å². The third kappa shape index (κ3) is 2.58. The van der Waals surface area contributed by atoms with E-state index in [1.54, 1.807) is 0 Å². The summed E-state index contributed by atoms with van der Waals surface area (Å²) >= 11 is 0. The number of esters is 1. The minimum absolute atomic E-state index is 0.0833. The number of ether oxygens (including phenoxy) is 1. The van der Waals surface area contributed by atoms with Crippen LogP contribution in [-0.4, -0.2) is 35.8 Å². The van der Waals surface area contributed by atoms with Crippen molar-refractivity contribution in [2.45, 2.75) is 32.2 Å². The van der Waals surface area contributed by atoms with Crippen molar-refractivity contribution in [1.82, 2.24) is 4.98 Å². The third-order valence-corrected chi connectivity index (χ3v) is 5.98. The van der Waals surface area contributed by atoms with Gasteiger partial charge in [0.15, 0.2) is 0 Å². The van der Waals surface area contributed by atoms with Crippen LogP contribution >= 0.6 is 0 Å². The number of para-hydroxylation sites is 1. The Hall–Kier alpha value is -2.11. The van der Waals surface area contributed by atoms with Gasteiger partial charge in [-0.05, 0) is 24.1 Å². The minimum Gasteiger partial charge on any atom is -0.632 e. The quantitative estimate of drug-likeness (QED) is 0.393. The monoisotopic (exact) mass is 340 g/mol. The zero-order chi connectivity index (χ0) is 17.6. The number of nitrogens with one attached hydrogen (secondary N) is 1. The molecule has 0 bridgehead atoms. The molecule has 3 atom stereocenters. The highest BCUT2D eigenvalue weighted by Crippen LogP contribution is 2.47. The zero-order valence-electron chi connectivity index (χ0n) is 14.7. The maximum absolute atomic E-state index is 13.6. The van der Waals surface area contributed by atoms with E-state index in [4.69, 9.17) is 4.74 Å². The lowest BCUT2D eigenvalue weighted by molar-refractivity contribution is -0.914. The van der Waals surface area contributed by atoms with Gasteiger partial charge in [-0.25, -0.2) is 0 Å². The van der Waals surface area contributed by atoms with E-state index in [-0.39, 0.29) is 22.6 Å². The Bertz CT molecular complexity index is 854. The number of carbonyl (C=O) groups is 1. The highest BCUT2D eigenvalue weighted by atomic mass is 16.5. The average molecular weight is 340 g/mol. The highest BCUT2D eigenvalue weighted by molar-refractivity contribution is 5.85. The van der Waals surface area contributed by atoms with Gasteiger partial charge in [0.25, 0.3) is 0 Å². The first-order chi connectivity index (χ1) is 12.1. The molecule has 1 aromatic heterocycles. The van der Waals surface area contributed by atoms with Crippen LogP contribution in [-0.2, 0) is 16.0 Å². The van der Waals surface area contributed by atoms with E-state index in [0.717, 1.165) is 23.2 Å². The standard InChI is InChI=1S/C20H24N2O3/c1-3-13-12-22(24)9-8-16-15-6-4-5-7-17(15)21-20(16)18(22)10-14(13)11-19(23)25-2/h3-7,14,18,21H,8-12H2,1-2H3/b13-3+/t14-,18+,22+/m1/s1. The number of methoxy groups -OCH3 is 1. The Morgan fingerprint density at radius 3 is 3.00 bits per heavy atom. The van der Waals surface area contributed by atoms with Crippen molar-refractivity contribution in [2.75, 3.05) is 20.2 Å². The van der Waals surface area contributed by atoms with Gasteiger partial charge in [0.2, 0.25) is 0 Å².